The lowest BCUT2D eigenvalue weighted by Gasteiger charge is -2.11. The molecular formula is C20H21N3O. The molecule has 122 valence electrons. The molecule has 0 atom stereocenters. The Morgan fingerprint density at radius 2 is 1.67 bits per heavy atom. The lowest BCUT2D eigenvalue weighted by molar-refractivity contribution is 0.415. The van der Waals surface area contributed by atoms with Crippen LogP contribution < -0.4 is 9.64 Å². The first-order chi connectivity index (χ1) is 11.7. The average Bonchev–Trinajstić information content (AvgIpc) is 3.09. The zero-order valence-electron chi connectivity index (χ0n) is 14.2. The van der Waals surface area contributed by atoms with E-state index in [-0.39, 0.29) is 0 Å². The van der Waals surface area contributed by atoms with Crippen molar-refractivity contribution < 1.29 is 4.74 Å². The van der Waals surface area contributed by atoms with Crippen LogP contribution in [0.1, 0.15) is 5.69 Å². The third kappa shape index (κ3) is 3.49. The van der Waals surface area contributed by atoms with Crippen LogP contribution in [0, 0.1) is 0 Å². The second-order valence-electron chi connectivity index (χ2n) is 5.67. The summed E-state index contributed by atoms with van der Waals surface area (Å²) in [6, 6.07) is 20.2. The molecule has 0 unspecified atom stereocenters. The fourth-order valence-electron chi connectivity index (χ4n) is 2.45. The van der Waals surface area contributed by atoms with Gasteiger partial charge in [-0.3, -0.25) is 4.99 Å². The quantitative estimate of drug-likeness (QED) is 0.656. The standard InChI is InChI=1S/C20H21N3O/c1-22(2)17-8-6-16(7-9-17)21-15-19-5-4-14-23(19)18-10-12-20(24-3)13-11-18/h4-15H,1-3H3. The van der Waals surface area contributed by atoms with Crippen LogP contribution in [0.15, 0.2) is 71.9 Å². The highest BCUT2D eigenvalue weighted by atomic mass is 16.5. The van der Waals surface area contributed by atoms with E-state index in [9.17, 15) is 0 Å². The van der Waals surface area contributed by atoms with Crippen molar-refractivity contribution >= 4 is 17.6 Å². The van der Waals surface area contributed by atoms with E-state index in [0.717, 1.165) is 28.5 Å². The summed E-state index contributed by atoms with van der Waals surface area (Å²) in [5, 5.41) is 0. The topological polar surface area (TPSA) is 29.8 Å². The molecule has 0 aliphatic rings. The molecule has 4 nitrogen and oxygen atoms in total. The van der Waals surface area contributed by atoms with Crippen LogP contribution in [-0.2, 0) is 0 Å². The maximum atomic E-state index is 5.21. The number of aromatic nitrogens is 1. The summed E-state index contributed by atoms with van der Waals surface area (Å²) in [7, 11) is 5.73. The van der Waals surface area contributed by atoms with Crippen LogP contribution in [0.4, 0.5) is 11.4 Å². The molecule has 0 saturated carbocycles. The molecule has 0 N–H and O–H groups in total. The highest BCUT2D eigenvalue weighted by Gasteiger charge is 2.02. The number of benzene rings is 2. The number of hydrogen-bond acceptors (Lipinski definition) is 3. The number of nitrogens with zero attached hydrogens (tertiary/aromatic N) is 3. The average molecular weight is 319 g/mol. The minimum Gasteiger partial charge on any atom is -0.497 e. The van der Waals surface area contributed by atoms with Gasteiger partial charge in [-0.05, 0) is 60.7 Å². The van der Waals surface area contributed by atoms with Crippen molar-refractivity contribution in [2.24, 2.45) is 4.99 Å². The number of methoxy groups -OCH3 is 1. The molecule has 3 aromatic rings. The molecule has 0 bridgehead atoms. The Hall–Kier alpha value is -3.01. The lowest BCUT2D eigenvalue weighted by atomic mass is 10.2. The molecule has 0 aliphatic heterocycles. The van der Waals surface area contributed by atoms with Crippen molar-refractivity contribution in [1.82, 2.24) is 4.57 Å². The first-order valence-electron chi connectivity index (χ1n) is 7.80. The molecule has 0 spiro atoms. The van der Waals surface area contributed by atoms with E-state index in [1.807, 2.05) is 75.0 Å². The van der Waals surface area contributed by atoms with Gasteiger partial charge in [0.05, 0.1) is 24.7 Å². The number of rotatable bonds is 5. The largest absolute Gasteiger partial charge is 0.497 e. The predicted molar refractivity (Wildman–Crippen MR) is 100 cm³/mol. The summed E-state index contributed by atoms with van der Waals surface area (Å²) < 4.78 is 7.30. The van der Waals surface area contributed by atoms with Crippen LogP contribution in [-0.4, -0.2) is 32.0 Å². The molecule has 0 fully saturated rings. The SMILES string of the molecule is COc1ccc(-n2cccc2C=Nc2ccc(N(C)C)cc2)cc1. The number of hydrogen-bond donors (Lipinski definition) is 0. The monoisotopic (exact) mass is 319 g/mol. The normalized spacial score (nSPS) is 11.0. The summed E-state index contributed by atoms with van der Waals surface area (Å²) in [6.07, 6.45) is 3.91. The zero-order valence-corrected chi connectivity index (χ0v) is 14.2. The van der Waals surface area contributed by atoms with Crippen LogP contribution in [0.5, 0.6) is 5.75 Å². The van der Waals surface area contributed by atoms with E-state index in [0.29, 0.717) is 0 Å². The van der Waals surface area contributed by atoms with Crippen LogP contribution in [0.2, 0.25) is 0 Å². The Morgan fingerprint density at radius 1 is 0.958 bits per heavy atom. The molecular weight excluding hydrogens is 298 g/mol. The minimum atomic E-state index is 0.849. The molecule has 1 heterocycles. The third-order valence-electron chi connectivity index (χ3n) is 3.84. The highest BCUT2D eigenvalue weighted by Crippen LogP contribution is 2.19. The number of aliphatic imine (C=N–C) groups is 1. The van der Waals surface area contributed by atoms with E-state index in [1.165, 1.54) is 0 Å². The molecule has 0 saturated heterocycles. The summed E-state index contributed by atoms with van der Waals surface area (Å²) in [5.74, 6) is 0.849. The number of anilines is 1. The van der Waals surface area contributed by atoms with Crippen molar-refractivity contribution in [2.75, 3.05) is 26.1 Å². The van der Waals surface area contributed by atoms with Gasteiger partial charge in [0.25, 0.3) is 0 Å². The maximum absolute atomic E-state index is 5.21. The van der Waals surface area contributed by atoms with Gasteiger partial charge in [-0.2, -0.15) is 0 Å². The van der Waals surface area contributed by atoms with E-state index in [1.54, 1.807) is 7.11 Å². The van der Waals surface area contributed by atoms with Gasteiger partial charge in [-0.15, -0.1) is 0 Å². The molecule has 0 radical (unpaired) electrons. The van der Waals surface area contributed by atoms with E-state index in [4.69, 9.17) is 4.74 Å². The van der Waals surface area contributed by atoms with Crippen molar-refractivity contribution in [3.63, 3.8) is 0 Å². The lowest BCUT2D eigenvalue weighted by Crippen LogP contribution is -2.07. The van der Waals surface area contributed by atoms with Crippen LogP contribution >= 0.6 is 0 Å². The summed E-state index contributed by atoms with van der Waals surface area (Å²) in [5.41, 5.74) is 4.20. The number of ether oxygens (including phenoxy) is 1. The fourth-order valence-corrected chi connectivity index (χ4v) is 2.45. The van der Waals surface area contributed by atoms with Crippen molar-refractivity contribution in [3.05, 3.63) is 72.6 Å². The Morgan fingerprint density at radius 3 is 2.29 bits per heavy atom. The first kappa shape index (κ1) is 15.9. The van der Waals surface area contributed by atoms with Gasteiger partial charge < -0.3 is 14.2 Å². The summed E-state index contributed by atoms with van der Waals surface area (Å²) in [4.78, 5) is 6.65. The predicted octanol–water partition coefficient (Wildman–Crippen LogP) is 4.30. The maximum Gasteiger partial charge on any atom is 0.119 e. The van der Waals surface area contributed by atoms with Gasteiger partial charge in [-0.25, -0.2) is 0 Å². The molecule has 2 aromatic carbocycles. The molecule has 0 amide bonds. The van der Waals surface area contributed by atoms with Crippen molar-refractivity contribution in [3.8, 4) is 11.4 Å². The van der Waals surface area contributed by atoms with Crippen molar-refractivity contribution in [1.29, 1.82) is 0 Å². The van der Waals surface area contributed by atoms with Gasteiger partial charge in [0.1, 0.15) is 5.75 Å². The Balaban J connectivity index is 1.82. The summed E-state index contributed by atoms with van der Waals surface area (Å²) >= 11 is 0. The van der Waals surface area contributed by atoms with Gasteiger partial charge in [0.15, 0.2) is 0 Å². The van der Waals surface area contributed by atoms with Crippen molar-refractivity contribution in [2.45, 2.75) is 0 Å². The second-order valence-corrected chi connectivity index (χ2v) is 5.67. The van der Waals surface area contributed by atoms with Crippen LogP contribution in [0.3, 0.4) is 0 Å². The molecule has 4 heteroatoms. The van der Waals surface area contributed by atoms with Crippen LogP contribution in [0.25, 0.3) is 5.69 Å². The second kappa shape index (κ2) is 7.04. The zero-order chi connectivity index (χ0) is 16.9. The molecule has 3 rings (SSSR count). The Kier molecular flexibility index (Phi) is 4.66. The smallest absolute Gasteiger partial charge is 0.119 e. The van der Waals surface area contributed by atoms with Gasteiger partial charge in [0.2, 0.25) is 0 Å². The van der Waals surface area contributed by atoms with E-state index in [2.05, 4.69) is 26.6 Å². The Labute approximate surface area is 142 Å². The molecule has 0 aliphatic carbocycles. The minimum absolute atomic E-state index is 0.849. The third-order valence-corrected chi connectivity index (χ3v) is 3.84. The molecule has 1 aromatic heterocycles. The fraction of sp³-hybridized carbons (Fsp3) is 0.150. The van der Waals surface area contributed by atoms with Gasteiger partial charge in [0, 0.05) is 31.7 Å². The van der Waals surface area contributed by atoms with Gasteiger partial charge >= 0.3 is 0 Å². The van der Waals surface area contributed by atoms with E-state index < -0.39 is 0 Å². The van der Waals surface area contributed by atoms with Gasteiger partial charge in [-0.1, -0.05) is 0 Å². The Bertz CT molecular complexity index is 815. The van der Waals surface area contributed by atoms with E-state index >= 15 is 0 Å². The molecule has 24 heavy (non-hydrogen) atoms. The summed E-state index contributed by atoms with van der Waals surface area (Å²) in [6.45, 7) is 0. The highest BCUT2D eigenvalue weighted by molar-refractivity contribution is 5.81. The first-order valence-corrected chi connectivity index (χ1v) is 7.80.